The highest BCUT2D eigenvalue weighted by atomic mass is 16.2. The monoisotopic (exact) mass is 289 g/mol. The molecule has 21 heavy (non-hydrogen) atoms. The topological polar surface area (TPSA) is 58.4 Å². The van der Waals surface area contributed by atoms with Gasteiger partial charge in [0, 0.05) is 18.3 Å². The second kappa shape index (κ2) is 8.15. The fourth-order valence-electron chi connectivity index (χ4n) is 3.10. The van der Waals surface area contributed by atoms with Gasteiger partial charge in [-0.3, -0.25) is 9.69 Å². The predicted molar refractivity (Wildman–Crippen MR) is 87.1 cm³/mol. The molecule has 1 heterocycles. The number of carbonyl (C=O) groups is 1. The molecule has 4 heteroatoms. The van der Waals surface area contributed by atoms with Gasteiger partial charge in [-0.2, -0.15) is 0 Å². The molecular formula is C17H27N3O. The molecule has 116 valence electrons. The highest BCUT2D eigenvalue weighted by Gasteiger charge is 2.21. The quantitative estimate of drug-likeness (QED) is 0.876. The van der Waals surface area contributed by atoms with Crippen LogP contribution >= 0.6 is 0 Å². The third-order valence-electron chi connectivity index (χ3n) is 4.33. The van der Waals surface area contributed by atoms with Gasteiger partial charge in [0.15, 0.2) is 0 Å². The summed E-state index contributed by atoms with van der Waals surface area (Å²) in [5.41, 5.74) is 7.53. The van der Waals surface area contributed by atoms with Gasteiger partial charge < -0.3 is 11.1 Å². The van der Waals surface area contributed by atoms with E-state index in [1.807, 2.05) is 24.3 Å². The van der Waals surface area contributed by atoms with Crippen molar-refractivity contribution in [1.29, 1.82) is 0 Å². The lowest BCUT2D eigenvalue weighted by atomic mass is 10.1. The summed E-state index contributed by atoms with van der Waals surface area (Å²) >= 11 is 0. The van der Waals surface area contributed by atoms with E-state index in [1.165, 1.54) is 25.7 Å². The number of nitrogens with two attached hydrogens (primary N) is 1. The van der Waals surface area contributed by atoms with E-state index in [4.69, 9.17) is 5.73 Å². The first kappa shape index (κ1) is 16.0. The number of likely N-dealkylation sites (tertiary alicyclic amines) is 1. The Morgan fingerprint density at radius 1 is 1.33 bits per heavy atom. The maximum atomic E-state index is 12.3. The van der Waals surface area contributed by atoms with Crippen LogP contribution in [0.15, 0.2) is 24.3 Å². The Bertz CT molecular complexity index is 461. The first-order valence-corrected chi connectivity index (χ1v) is 8.06. The highest BCUT2D eigenvalue weighted by molar-refractivity contribution is 5.93. The van der Waals surface area contributed by atoms with Gasteiger partial charge in [0.05, 0.1) is 6.54 Å². The predicted octanol–water partition coefficient (Wildman–Crippen LogP) is 2.74. The van der Waals surface area contributed by atoms with Gasteiger partial charge in [0.2, 0.25) is 5.91 Å². The largest absolute Gasteiger partial charge is 0.326 e. The molecule has 1 aromatic rings. The molecule has 1 aromatic carbocycles. The number of rotatable bonds is 5. The Labute approximate surface area is 127 Å². The van der Waals surface area contributed by atoms with Crippen LogP contribution in [0.3, 0.4) is 0 Å². The van der Waals surface area contributed by atoms with Crippen molar-refractivity contribution >= 4 is 11.6 Å². The van der Waals surface area contributed by atoms with Gasteiger partial charge in [-0.05, 0) is 37.4 Å². The molecule has 2 rings (SSSR count). The van der Waals surface area contributed by atoms with Crippen LogP contribution in [0, 0.1) is 0 Å². The summed E-state index contributed by atoms with van der Waals surface area (Å²) in [4.78, 5) is 14.7. The van der Waals surface area contributed by atoms with Crippen LogP contribution < -0.4 is 11.1 Å². The summed E-state index contributed by atoms with van der Waals surface area (Å²) in [5, 5.41) is 3.01. The van der Waals surface area contributed by atoms with E-state index in [0.717, 1.165) is 24.2 Å². The van der Waals surface area contributed by atoms with Gasteiger partial charge in [0.25, 0.3) is 0 Å². The van der Waals surface area contributed by atoms with Crippen molar-refractivity contribution in [3.63, 3.8) is 0 Å². The van der Waals surface area contributed by atoms with Crippen LogP contribution in [-0.4, -0.2) is 29.9 Å². The van der Waals surface area contributed by atoms with Crippen molar-refractivity contribution in [3.05, 3.63) is 29.8 Å². The van der Waals surface area contributed by atoms with E-state index >= 15 is 0 Å². The molecular weight excluding hydrogens is 262 g/mol. The smallest absolute Gasteiger partial charge is 0.238 e. The molecule has 1 aliphatic heterocycles. The molecule has 0 saturated carbocycles. The zero-order valence-electron chi connectivity index (χ0n) is 13.0. The molecule has 1 amide bonds. The van der Waals surface area contributed by atoms with Crippen molar-refractivity contribution in [2.75, 3.05) is 18.4 Å². The number of carbonyl (C=O) groups excluding carboxylic acids is 1. The Hall–Kier alpha value is -1.39. The summed E-state index contributed by atoms with van der Waals surface area (Å²) in [6, 6.07) is 8.29. The zero-order valence-corrected chi connectivity index (χ0v) is 13.0. The molecule has 1 fully saturated rings. The first-order valence-electron chi connectivity index (χ1n) is 8.06. The van der Waals surface area contributed by atoms with Crippen molar-refractivity contribution in [3.8, 4) is 0 Å². The van der Waals surface area contributed by atoms with Gasteiger partial charge >= 0.3 is 0 Å². The van der Waals surface area contributed by atoms with Crippen molar-refractivity contribution in [1.82, 2.24) is 4.90 Å². The summed E-state index contributed by atoms with van der Waals surface area (Å²) in [6.45, 7) is 4.17. The average molecular weight is 289 g/mol. The fourth-order valence-corrected chi connectivity index (χ4v) is 3.10. The second-order valence-electron chi connectivity index (χ2n) is 5.79. The molecule has 0 spiro atoms. The molecule has 3 N–H and O–H groups in total. The lowest BCUT2D eigenvalue weighted by Gasteiger charge is -2.28. The molecule has 1 unspecified atom stereocenters. The number of anilines is 1. The summed E-state index contributed by atoms with van der Waals surface area (Å²) in [6.07, 6.45) is 6.09. The lowest BCUT2D eigenvalue weighted by Crippen LogP contribution is -2.40. The molecule has 0 radical (unpaired) electrons. The van der Waals surface area contributed by atoms with Crippen LogP contribution in [0.5, 0.6) is 0 Å². The van der Waals surface area contributed by atoms with Gasteiger partial charge in [-0.25, -0.2) is 0 Å². The van der Waals surface area contributed by atoms with E-state index in [9.17, 15) is 4.79 Å². The van der Waals surface area contributed by atoms with Crippen LogP contribution in [-0.2, 0) is 11.3 Å². The molecule has 1 aliphatic rings. The molecule has 0 aliphatic carbocycles. The molecule has 0 bridgehead atoms. The van der Waals surface area contributed by atoms with Gasteiger partial charge in [-0.1, -0.05) is 38.0 Å². The number of para-hydroxylation sites is 1. The molecule has 1 atom stereocenters. The van der Waals surface area contributed by atoms with E-state index in [0.29, 0.717) is 19.1 Å². The first-order chi connectivity index (χ1) is 10.2. The Balaban J connectivity index is 1.96. The van der Waals surface area contributed by atoms with E-state index in [-0.39, 0.29) is 5.91 Å². The number of hydrogen-bond donors (Lipinski definition) is 2. The van der Waals surface area contributed by atoms with Crippen molar-refractivity contribution in [2.45, 2.75) is 51.6 Å². The van der Waals surface area contributed by atoms with Crippen LogP contribution in [0.4, 0.5) is 5.69 Å². The lowest BCUT2D eigenvalue weighted by molar-refractivity contribution is -0.117. The Morgan fingerprint density at radius 2 is 2.14 bits per heavy atom. The third-order valence-corrected chi connectivity index (χ3v) is 4.33. The number of benzene rings is 1. The normalized spacial score (nSPS) is 20.0. The zero-order chi connectivity index (χ0) is 15.1. The number of amides is 1. The summed E-state index contributed by atoms with van der Waals surface area (Å²) in [5.74, 6) is 0.0660. The van der Waals surface area contributed by atoms with Gasteiger partial charge in [0.1, 0.15) is 0 Å². The minimum atomic E-state index is 0.0660. The molecule has 1 saturated heterocycles. The standard InChI is InChI=1S/C17H27N3O/c1-2-15-9-4-3-7-11-20(15)13-17(21)19-16-10-6-5-8-14(16)12-18/h5-6,8,10,15H,2-4,7,9,11-13,18H2,1H3,(H,19,21). The minimum Gasteiger partial charge on any atom is -0.326 e. The van der Waals surface area contributed by atoms with E-state index in [2.05, 4.69) is 17.1 Å². The second-order valence-corrected chi connectivity index (χ2v) is 5.79. The molecule has 0 aromatic heterocycles. The Kier molecular flexibility index (Phi) is 6.21. The van der Waals surface area contributed by atoms with Crippen LogP contribution in [0.1, 0.15) is 44.6 Å². The number of hydrogen-bond acceptors (Lipinski definition) is 3. The summed E-state index contributed by atoms with van der Waals surface area (Å²) < 4.78 is 0. The number of nitrogens with one attached hydrogen (secondary N) is 1. The third kappa shape index (κ3) is 4.55. The minimum absolute atomic E-state index is 0.0660. The highest BCUT2D eigenvalue weighted by Crippen LogP contribution is 2.19. The van der Waals surface area contributed by atoms with Crippen LogP contribution in [0.25, 0.3) is 0 Å². The Morgan fingerprint density at radius 3 is 2.90 bits per heavy atom. The van der Waals surface area contributed by atoms with Crippen molar-refractivity contribution < 1.29 is 4.79 Å². The fraction of sp³-hybridized carbons (Fsp3) is 0.588. The average Bonchev–Trinajstić information content (AvgIpc) is 2.72. The van der Waals surface area contributed by atoms with Gasteiger partial charge in [-0.15, -0.1) is 0 Å². The van der Waals surface area contributed by atoms with Crippen LogP contribution in [0.2, 0.25) is 0 Å². The SMILES string of the molecule is CCC1CCCCCN1CC(=O)Nc1ccccc1CN. The van der Waals surface area contributed by atoms with E-state index in [1.54, 1.807) is 0 Å². The number of nitrogens with zero attached hydrogens (tertiary/aromatic N) is 1. The van der Waals surface area contributed by atoms with E-state index < -0.39 is 0 Å². The maximum Gasteiger partial charge on any atom is 0.238 e. The molecule has 4 nitrogen and oxygen atoms in total. The maximum absolute atomic E-state index is 12.3. The summed E-state index contributed by atoms with van der Waals surface area (Å²) in [7, 11) is 0. The van der Waals surface area contributed by atoms with Crippen molar-refractivity contribution in [2.24, 2.45) is 5.73 Å².